The summed E-state index contributed by atoms with van der Waals surface area (Å²) >= 11 is 0. The van der Waals surface area contributed by atoms with Gasteiger partial charge in [0.25, 0.3) is 5.91 Å². The average Bonchev–Trinajstić information content (AvgIpc) is 2.67. The number of alkyl halides is 3. The second kappa shape index (κ2) is 13.8. The number of halogens is 3. The molecular formula is C22H27F3N4O3. The fourth-order valence-electron chi connectivity index (χ4n) is 2.16. The zero-order valence-corrected chi connectivity index (χ0v) is 18.3. The van der Waals surface area contributed by atoms with Gasteiger partial charge in [0, 0.05) is 37.6 Å². The van der Waals surface area contributed by atoms with Crippen molar-refractivity contribution < 1.29 is 27.9 Å². The van der Waals surface area contributed by atoms with Crippen molar-refractivity contribution in [2.24, 2.45) is 0 Å². The van der Waals surface area contributed by atoms with Crippen LogP contribution >= 0.6 is 0 Å². The third-order valence-electron chi connectivity index (χ3n) is 3.60. The lowest BCUT2D eigenvalue weighted by Gasteiger charge is -2.22. The highest BCUT2D eigenvalue weighted by molar-refractivity contribution is 5.96. The highest BCUT2D eigenvalue weighted by Crippen LogP contribution is 2.18. The van der Waals surface area contributed by atoms with Crippen molar-refractivity contribution in [3.63, 3.8) is 0 Å². The van der Waals surface area contributed by atoms with Crippen LogP contribution in [0.1, 0.15) is 32.8 Å². The van der Waals surface area contributed by atoms with E-state index in [0.29, 0.717) is 17.8 Å². The SMILES string of the molecule is CC(=O)Nc1ccc(CCC(C)(O)C(=O)Nc2ccncc2)cc1.CC(F)(F)F.[C-]#[N+]C. The molecule has 0 aliphatic heterocycles. The van der Waals surface area contributed by atoms with E-state index in [-0.39, 0.29) is 19.3 Å². The summed E-state index contributed by atoms with van der Waals surface area (Å²) in [5, 5.41) is 15.8. The van der Waals surface area contributed by atoms with Crippen LogP contribution in [0.5, 0.6) is 0 Å². The van der Waals surface area contributed by atoms with E-state index in [2.05, 4.69) is 20.5 Å². The lowest BCUT2D eigenvalue weighted by atomic mass is 9.95. The van der Waals surface area contributed by atoms with E-state index < -0.39 is 17.7 Å². The number of nitrogens with zero attached hydrogens (tertiary/aromatic N) is 2. The van der Waals surface area contributed by atoms with Gasteiger partial charge in [0.2, 0.25) is 13.0 Å². The van der Waals surface area contributed by atoms with Gasteiger partial charge in [0.15, 0.2) is 0 Å². The molecule has 1 atom stereocenters. The molecule has 0 radical (unpaired) electrons. The first kappa shape index (κ1) is 28.5. The maximum atomic E-state index is 12.2. The second-order valence-corrected chi connectivity index (χ2v) is 6.85. The Labute approximate surface area is 185 Å². The number of aliphatic hydroxyl groups is 1. The molecule has 32 heavy (non-hydrogen) atoms. The van der Waals surface area contributed by atoms with Gasteiger partial charge < -0.3 is 20.6 Å². The Morgan fingerprint density at radius 2 is 1.47 bits per heavy atom. The molecule has 1 aromatic heterocycles. The Morgan fingerprint density at radius 1 is 1.03 bits per heavy atom. The van der Waals surface area contributed by atoms with Crippen molar-refractivity contribution in [1.29, 1.82) is 0 Å². The predicted molar refractivity (Wildman–Crippen MR) is 117 cm³/mol. The van der Waals surface area contributed by atoms with Gasteiger partial charge in [-0.05, 0) is 49.6 Å². The number of benzene rings is 1. The van der Waals surface area contributed by atoms with Crippen LogP contribution in [0.2, 0.25) is 0 Å². The van der Waals surface area contributed by atoms with E-state index in [4.69, 9.17) is 6.57 Å². The van der Waals surface area contributed by atoms with Gasteiger partial charge in [0.1, 0.15) is 5.60 Å². The molecule has 2 amide bonds. The molecule has 7 nitrogen and oxygen atoms in total. The number of hydrogen-bond acceptors (Lipinski definition) is 4. The third-order valence-corrected chi connectivity index (χ3v) is 3.60. The lowest BCUT2D eigenvalue weighted by Crippen LogP contribution is -2.40. The van der Waals surface area contributed by atoms with Crippen LogP contribution in [0.4, 0.5) is 24.5 Å². The topological polar surface area (TPSA) is 95.7 Å². The number of nitrogens with one attached hydrogen (secondary N) is 2. The van der Waals surface area contributed by atoms with Crippen molar-refractivity contribution in [2.45, 2.75) is 45.4 Å². The number of aromatic nitrogens is 1. The molecule has 3 N–H and O–H groups in total. The van der Waals surface area contributed by atoms with Crippen LogP contribution in [0.15, 0.2) is 48.8 Å². The molecular weight excluding hydrogens is 425 g/mol. The third kappa shape index (κ3) is 14.5. The summed E-state index contributed by atoms with van der Waals surface area (Å²) in [5.41, 5.74) is 0.795. The molecule has 0 saturated heterocycles. The largest absolute Gasteiger partial charge is 0.386 e. The number of carbonyl (C=O) groups excluding carboxylic acids is 2. The molecule has 0 aliphatic carbocycles. The maximum Gasteiger partial charge on any atom is 0.386 e. The van der Waals surface area contributed by atoms with Crippen LogP contribution in [0.3, 0.4) is 0 Å². The number of amides is 2. The van der Waals surface area contributed by atoms with Crippen LogP contribution in [-0.2, 0) is 16.0 Å². The fraction of sp³-hybridized carbons (Fsp3) is 0.364. The van der Waals surface area contributed by atoms with E-state index in [1.54, 1.807) is 36.7 Å². The van der Waals surface area contributed by atoms with Crippen molar-refractivity contribution in [1.82, 2.24) is 4.98 Å². The van der Waals surface area contributed by atoms with E-state index in [1.165, 1.54) is 20.9 Å². The number of pyridine rings is 1. The molecule has 2 rings (SSSR count). The minimum atomic E-state index is -4.00. The van der Waals surface area contributed by atoms with Crippen LogP contribution in [0.25, 0.3) is 4.85 Å². The van der Waals surface area contributed by atoms with E-state index in [1.807, 2.05) is 12.1 Å². The van der Waals surface area contributed by atoms with Crippen molar-refractivity contribution in [2.75, 3.05) is 17.7 Å². The van der Waals surface area contributed by atoms with Crippen LogP contribution in [-0.4, -0.2) is 40.7 Å². The maximum absolute atomic E-state index is 12.2. The number of rotatable bonds is 6. The number of hydrogen-bond donors (Lipinski definition) is 3. The minimum Gasteiger partial charge on any atom is -0.380 e. The highest BCUT2D eigenvalue weighted by Gasteiger charge is 2.29. The molecule has 10 heteroatoms. The summed E-state index contributed by atoms with van der Waals surface area (Å²) in [4.78, 5) is 29.8. The molecule has 2 aromatic rings. The van der Waals surface area contributed by atoms with E-state index in [0.717, 1.165) is 5.56 Å². The Bertz CT molecular complexity index is 872. The molecule has 1 unspecified atom stereocenters. The zero-order valence-electron chi connectivity index (χ0n) is 18.3. The Balaban J connectivity index is 0.00000104. The zero-order chi connectivity index (χ0) is 24.8. The standard InChI is InChI=1S/C18H21N3O3.C2H3F3.C2H3N/c1-13(22)20-15-5-3-14(4-6-15)7-10-18(2,24)17(23)21-16-8-11-19-12-9-16;1-2(3,4)5;1-3-2/h3-6,8-9,11-12,24H,7,10H2,1-2H3,(H,20,22)(H,19,21,23);1H3;1H3. The van der Waals surface area contributed by atoms with Gasteiger partial charge in [-0.3, -0.25) is 14.6 Å². The first-order valence-electron chi connectivity index (χ1n) is 9.41. The van der Waals surface area contributed by atoms with E-state index >= 15 is 0 Å². The number of carbonyl (C=O) groups is 2. The van der Waals surface area contributed by atoms with Gasteiger partial charge in [-0.25, -0.2) is 6.57 Å². The van der Waals surface area contributed by atoms with Crippen molar-refractivity contribution in [3.05, 3.63) is 65.8 Å². The van der Waals surface area contributed by atoms with Gasteiger partial charge in [-0.2, -0.15) is 13.2 Å². The van der Waals surface area contributed by atoms with Crippen molar-refractivity contribution >= 4 is 23.2 Å². The average molecular weight is 452 g/mol. The van der Waals surface area contributed by atoms with Crippen molar-refractivity contribution in [3.8, 4) is 0 Å². The Morgan fingerprint density at radius 3 is 1.91 bits per heavy atom. The number of aryl methyl sites for hydroxylation is 1. The van der Waals surface area contributed by atoms with Crippen LogP contribution in [0, 0.1) is 6.57 Å². The first-order chi connectivity index (χ1) is 14.8. The molecule has 0 saturated carbocycles. The minimum absolute atomic E-state index is 0.126. The second-order valence-electron chi connectivity index (χ2n) is 6.85. The number of anilines is 2. The van der Waals surface area contributed by atoms with Crippen LogP contribution < -0.4 is 10.6 Å². The summed E-state index contributed by atoms with van der Waals surface area (Å²) in [5.74, 6) is -0.581. The Kier molecular flexibility index (Phi) is 12.3. The molecule has 174 valence electrons. The van der Waals surface area contributed by atoms with Gasteiger partial charge in [-0.1, -0.05) is 12.1 Å². The fourth-order valence-corrected chi connectivity index (χ4v) is 2.16. The molecule has 1 heterocycles. The molecule has 0 aliphatic rings. The summed E-state index contributed by atoms with van der Waals surface area (Å²) in [7, 11) is 1.42. The Hall–Kier alpha value is -3.45. The predicted octanol–water partition coefficient (Wildman–Crippen LogP) is 4.47. The first-order valence-corrected chi connectivity index (χ1v) is 9.41. The normalized spacial score (nSPS) is 11.8. The lowest BCUT2D eigenvalue weighted by molar-refractivity contribution is -0.132. The molecule has 0 fully saturated rings. The summed E-state index contributed by atoms with van der Waals surface area (Å²) in [6.07, 6.45) is -0.0392. The molecule has 0 spiro atoms. The smallest absolute Gasteiger partial charge is 0.380 e. The molecule has 1 aromatic carbocycles. The monoisotopic (exact) mass is 452 g/mol. The van der Waals surface area contributed by atoms with Gasteiger partial charge in [-0.15, -0.1) is 0 Å². The van der Waals surface area contributed by atoms with Gasteiger partial charge in [0.05, 0.1) is 0 Å². The highest BCUT2D eigenvalue weighted by atomic mass is 19.4. The summed E-state index contributed by atoms with van der Waals surface area (Å²) in [6.45, 7) is 8.97. The summed E-state index contributed by atoms with van der Waals surface area (Å²) in [6, 6.07) is 10.6. The summed E-state index contributed by atoms with van der Waals surface area (Å²) < 4.78 is 31.1. The van der Waals surface area contributed by atoms with Gasteiger partial charge >= 0.3 is 6.18 Å². The quantitative estimate of drug-likeness (QED) is 0.564. The molecule has 0 bridgehead atoms. The van der Waals surface area contributed by atoms with E-state index in [9.17, 15) is 27.9 Å².